The first-order valence-corrected chi connectivity index (χ1v) is 16.0. The molecule has 1 aliphatic heterocycles. The van der Waals surface area contributed by atoms with E-state index in [-0.39, 0.29) is 23.2 Å². The molecule has 0 bridgehead atoms. The quantitative estimate of drug-likeness (QED) is 0.305. The molecule has 1 aliphatic rings. The molecule has 0 unspecified atom stereocenters. The van der Waals surface area contributed by atoms with Gasteiger partial charge in [-0.15, -0.1) is 0 Å². The number of ether oxygens (including phenoxy) is 2. The zero-order valence-electron chi connectivity index (χ0n) is 24.4. The number of carbonyl (C=O) groups excluding carboxylic acids is 1. The summed E-state index contributed by atoms with van der Waals surface area (Å²) < 4.78 is 32.9. The number of carbonyl (C=O) groups is 1. The van der Waals surface area contributed by atoms with E-state index in [4.69, 9.17) is 13.9 Å². The van der Waals surface area contributed by atoms with Crippen molar-refractivity contribution in [3.8, 4) is 5.75 Å². The molecule has 1 saturated heterocycles. The summed E-state index contributed by atoms with van der Waals surface area (Å²) in [7, 11) is -1.15. The molecule has 38 heavy (non-hydrogen) atoms. The number of hydrogen-bond donors (Lipinski definition) is 0. The van der Waals surface area contributed by atoms with Gasteiger partial charge in [0.05, 0.1) is 6.61 Å². The van der Waals surface area contributed by atoms with Crippen LogP contribution in [0.1, 0.15) is 65.5 Å². The van der Waals surface area contributed by atoms with Crippen LogP contribution in [0, 0.1) is 17.2 Å². The van der Waals surface area contributed by atoms with Crippen molar-refractivity contribution >= 4 is 15.1 Å². The first-order chi connectivity index (χ1) is 17.7. The number of rotatable bonds is 9. The van der Waals surface area contributed by atoms with Gasteiger partial charge in [-0.3, -0.25) is 4.90 Å². The Balaban J connectivity index is 1.81. The number of nitrogens with zero attached hydrogens (tertiary/aromatic N) is 1. The molecule has 0 spiro atoms. The van der Waals surface area contributed by atoms with Crippen LogP contribution in [-0.2, 0) is 22.0 Å². The molecule has 2 atom stereocenters. The fourth-order valence-corrected chi connectivity index (χ4v) is 6.03. The highest BCUT2D eigenvalue weighted by atomic mass is 28.3. The Morgan fingerprint density at radius 3 is 2.34 bits per heavy atom. The maximum atomic E-state index is 14.1. The Kier molecular flexibility index (Phi) is 9.69. The average molecular weight is 543 g/mol. The van der Waals surface area contributed by atoms with E-state index in [2.05, 4.69) is 46.0 Å². The Bertz CT molecular complexity index is 1060. The standard InChI is InChI=1S/C31H45FNO4Si/c1-29(2,3)25-21-31(37-38(7)8,33(22-25)28(34)36-30(4,5)6)18-19-35-27-17-16-26(32)20-24(27)15-14-23-12-10-9-11-13-23/h9-13,16-17,20,25H,14-15,18-19,21-22H2,1-8H3/t25-,31-/m0/s1. The Morgan fingerprint density at radius 1 is 1.05 bits per heavy atom. The van der Waals surface area contributed by atoms with Crippen LogP contribution in [0.4, 0.5) is 9.18 Å². The van der Waals surface area contributed by atoms with Gasteiger partial charge in [0.1, 0.15) is 22.9 Å². The van der Waals surface area contributed by atoms with Gasteiger partial charge in [-0.05, 0) is 93.8 Å². The van der Waals surface area contributed by atoms with E-state index in [0.717, 1.165) is 18.4 Å². The zero-order valence-corrected chi connectivity index (χ0v) is 25.4. The predicted molar refractivity (Wildman–Crippen MR) is 152 cm³/mol. The monoisotopic (exact) mass is 542 g/mol. The molecule has 5 nitrogen and oxygen atoms in total. The van der Waals surface area contributed by atoms with Crippen LogP contribution in [0.5, 0.6) is 5.75 Å². The SMILES string of the molecule is C[Si](C)O[C@@]1(CCOc2ccc(F)cc2CCc2ccccc2)C[C@H](C(C)(C)C)CN1C(=O)OC(C)(C)C. The molecule has 1 fully saturated rings. The maximum absolute atomic E-state index is 14.1. The second-order valence-corrected chi connectivity index (χ2v) is 14.7. The minimum absolute atomic E-state index is 0.00216. The molecular weight excluding hydrogens is 497 g/mol. The van der Waals surface area contributed by atoms with Crippen LogP contribution in [-0.4, -0.2) is 44.5 Å². The fraction of sp³-hybridized carbons (Fsp3) is 0.581. The molecule has 0 aliphatic carbocycles. The summed E-state index contributed by atoms with van der Waals surface area (Å²) >= 11 is 0. The van der Waals surface area contributed by atoms with Gasteiger partial charge in [0.25, 0.3) is 0 Å². The second-order valence-electron chi connectivity index (χ2n) is 12.7. The first kappa shape index (κ1) is 30.2. The molecule has 0 N–H and O–H groups in total. The lowest BCUT2D eigenvalue weighted by molar-refractivity contribution is -0.0779. The van der Waals surface area contributed by atoms with Crippen molar-refractivity contribution in [2.45, 2.75) is 91.6 Å². The van der Waals surface area contributed by atoms with Crippen molar-refractivity contribution in [2.24, 2.45) is 11.3 Å². The molecule has 209 valence electrons. The van der Waals surface area contributed by atoms with Crippen LogP contribution in [0.25, 0.3) is 0 Å². The normalized spacial score (nSPS) is 20.2. The van der Waals surface area contributed by atoms with Gasteiger partial charge in [0.15, 0.2) is 0 Å². The minimum Gasteiger partial charge on any atom is -0.493 e. The van der Waals surface area contributed by atoms with E-state index in [1.807, 2.05) is 39.0 Å². The van der Waals surface area contributed by atoms with Gasteiger partial charge in [0.2, 0.25) is 9.04 Å². The van der Waals surface area contributed by atoms with Crippen LogP contribution in [0.3, 0.4) is 0 Å². The molecule has 1 amide bonds. The van der Waals surface area contributed by atoms with Crippen molar-refractivity contribution < 1.29 is 23.1 Å². The average Bonchev–Trinajstić information content (AvgIpc) is 3.18. The van der Waals surface area contributed by atoms with Gasteiger partial charge in [0, 0.05) is 13.0 Å². The van der Waals surface area contributed by atoms with Gasteiger partial charge < -0.3 is 13.9 Å². The number of halogens is 1. The third-order valence-electron chi connectivity index (χ3n) is 6.99. The highest BCUT2D eigenvalue weighted by molar-refractivity contribution is 6.48. The van der Waals surface area contributed by atoms with Crippen molar-refractivity contribution in [3.05, 3.63) is 65.5 Å². The highest BCUT2D eigenvalue weighted by Gasteiger charge is 2.53. The van der Waals surface area contributed by atoms with Crippen LogP contribution in [0.15, 0.2) is 48.5 Å². The van der Waals surface area contributed by atoms with Gasteiger partial charge in [-0.2, -0.15) is 0 Å². The largest absolute Gasteiger partial charge is 0.493 e. The van der Waals surface area contributed by atoms with Gasteiger partial charge in [-0.1, -0.05) is 51.1 Å². The molecule has 0 saturated carbocycles. The van der Waals surface area contributed by atoms with Gasteiger partial charge >= 0.3 is 6.09 Å². The third-order valence-corrected chi connectivity index (χ3v) is 7.78. The molecule has 3 rings (SSSR count). The third kappa shape index (κ3) is 8.31. The minimum atomic E-state index is -1.15. The highest BCUT2D eigenvalue weighted by Crippen LogP contribution is 2.45. The summed E-state index contributed by atoms with van der Waals surface area (Å²) in [6.45, 7) is 17.4. The molecule has 2 aromatic carbocycles. The van der Waals surface area contributed by atoms with E-state index in [9.17, 15) is 9.18 Å². The summed E-state index contributed by atoms with van der Waals surface area (Å²) in [6, 6.07) is 14.9. The van der Waals surface area contributed by atoms with Crippen LogP contribution in [0.2, 0.25) is 13.1 Å². The lowest BCUT2D eigenvalue weighted by Gasteiger charge is -2.40. The molecule has 1 heterocycles. The van der Waals surface area contributed by atoms with E-state index >= 15 is 0 Å². The van der Waals surface area contributed by atoms with Crippen molar-refractivity contribution in [3.63, 3.8) is 0 Å². The molecule has 2 aromatic rings. The summed E-state index contributed by atoms with van der Waals surface area (Å²) in [5, 5.41) is 0. The smallest absolute Gasteiger partial charge is 0.412 e. The number of aryl methyl sites for hydroxylation is 2. The van der Waals surface area contributed by atoms with E-state index < -0.39 is 20.4 Å². The van der Waals surface area contributed by atoms with Crippen LogP contribution >= 0.6 is 0 Å². The van der Waals surface area contributed by atoms with E-state index in [1.54, 1.807) is 17.0 Å². The van der Waals surface area contributed by atoms with E-state index in [1.165, 1.54) is 11.6 Å². The summed E-state index contributed by atoms with van der Waals surface area (Å²) in [6.07, 6.45) is 2.35. The molecule has 1 radical (unpaired) electrons. The maximum Gasteiger partial charge on any atom is 0.412 e. The fourth-order valence-electron chi connectivity index (χ4n) is 4.98. The zero-order chi connectivity index (χ0) is 28.1. The topological polar surface area (TPSA) is 48.0 Å². The lowest BCUT2D eigenvalue weighted by Crippen LogP contribution is -2.53. The summed E-state index contributed by atoms with van der Waals surface area (Å²) in [4.78, 5) is 15.2. The number of amides is 1. The summed E-state index contributed by atoms with van der Waals surface area (Å²) in [5.74, 6) is 0.651. The van der Waals surface area contributed by atoms with Crippen molar-refractivity contribution in [1.82, 2.24) is 4.90 Å². The molecular formula is C31H45FNO4Si. The van der Waals surface area contributed by atoms with Gasteiger partial charge in [-0.25, -0.2) is 9.18 Å². The second kappa shape index (κ2) is 12.2. The number of hydrogen-bond acceptors (Lipinski definition) is 4. The van der Waals surface area contributed by atoms with Crippen LogP contribution < -0.4 is 4.74 Å². The Morgan fingerprint density at radius 2 is 1.74 bits per heavy atom. The molecule has 0 aromatic heterocycles. The predicted octanol–water partition coefficient (Wildman–Crippen LogP) is 7.65. The first-order valence-electron chi connectivity index (χ1n) is 13.6. The lowest BCUT2D eigenvalue weighted by atomic mass is 9.78. The number of benzene rings is 2. The summed E-state index contributed by atoms with van der Waals surface area (Å²) in [5.41, 5.74) is 0.628. The van der Waals surface area contributed by atoms with E-state index in [0.29, 0.717) is 31.7 Å². The number of likely N-dealkylation sites (tertiary alicyclic amines) is 1. The van der Waals surface area contributed by atoms with Crippen molar-refractivity contribution in [2.75, 3.05) is 13.2 Å². The van der Waals surface area contributed by atoms with Crippen molar-refractivity contribution in [1.29, 1.82) is 0 Å². The Labute approximate surface area is 230 Å². The Hall–Kier alpha value is -2.38. The molecule has 7 heteroatoms.